The number of amides is 1. The largest absolute Gasteiger partial charge is 0.380 e. The van der Waals surface area contributed by atoms with Gasteiger partial charge in [-0.3, -0.25) is 9.69 Å². The van der Waals surface area contributed by atoms with Gasteiger partial charge < -0.3 is 19.1 Å². The van der Waals surface area contributed by atoms with Crippen molar-refractivity contribution >= 4 is 11.7 Å². The van der Waals surface area contributed by atoms with Crippen LogP contribution in [-0.2, 0) is 9.53 Å². The molecule has 3 rings (SSSR count). The lowest BCUT2D eigenvalue weighted by atomic mass is 10.2. The number of aryl methyl sites for hydroxylation is 2. The first-order valence-corrected chi connectivity index (χ1v) is 7.35. The van der Waals surface area contributed by atoms with Crippen LogP contribution in [0.4, 0.5) is 5.82 Å². The molecule has 1 aliphatic heterocycles. The number of rotatable bonds is 5. The SMILES string of the molecule is CO[C@@H]1C[C@H](c2nc(C)no2)N(CC(=O)Nc2cc(C)on2)C1. The molecule has 0 aliphatic carbocycles. The number of aromatic nitrogens is 3. The van der Waals surface area contributed by atoms with Crippen molar-refractivity contribution in [1.82, 2.24) is 20.2 Å². The Morgan fingerprint density at radius 3 is 2.87 bits per heavy atom. The van der Waals surface area contributed by atoms with E-state index >= 15 is 0 Å². The van der Waals surface area contributed by atoms with E-state index in [9.17, 15) is 4.79 Å². The molecular formula is C14H19N5O4. The minimum absolute atomic E-state index is 0.0225. The fraction of sp³-hybridized carbons (Fsp3) is 0.571. The molecule has 3 heterocycles. The molecule has 0 bridgehead atoms. The predicted molar refractivity (Wildman–Crippen MR) is 78.6 cm³/mol. The van der Waals surface area contributed by atoms with Crippen molar-refractivity contribution in [3.8, 4) is 0 Å². The Balaban J connectivity index is 1.67. The number of nitrogens with zero attached hydrogens (tertiary/aromatic N) is 4. The van der Waals surface area contributed by atoms with Gasteiger partial charge >= 0.3 is 0 Å². The zero-order valence-electron chi connectivity index (χ0n) is 13.3. The summed E-state index contributed by atoms with van der Waals surface area (Å²) in [6.45, 7) is 4.33. The topological polar surface area (TPSA) is 107 Å². The van der Waals surface area contributed by atoms with Crippen molar-refractivity contribution in [3.05, 3.63) is 23.5 Å². The van der Waals surface area contributed by atoms with Crippen molar-refractivity contribution in [2.24, 2.45) is 0 Å². The Hall–Kier alpha value is -2.26. The standard InChI is InChI=1S/C14H19N5O4/c1-8-4-12(18-22-8)16-13(20)7-19-6-10(21-3)5-11(19)14-15-9(2)17-23-14/h4,10-11H,5-7H2,1-3H3,(H,16,18,20)/t10-,11-/m1/s1. The zero-order chi connectivity index (χ0) is 16.4. The Kier molecular flexibility index (Phi) is 4.39. The van der Waals surface area contributed by atoms with Gasteiger partial charge in [0.05, 0.1) is 18.7 Å². The van der Waals surface area contributed by atoms with E-state index in [0.717, 1.165) is 0 Å². The fourth-order valence-corrected chi connectivity index (χ4v) is 2.70. The molecular weight excluding hydrogens is 302 g/mol. The highest BCUT2D eigenvalue weighted by molar-refractivity contribution is 5.91. The number of ether oxygens (including phenoxy) is 1. The number of likely N-dealkylation sites (tertiary alicyclic amines) is 1. The summed E-state index contributed by atoms with van der Waals surface area (Å²) in [5, 5.41) is 10.3. The molecule has 2 atom stereocenters. The lowest BCUT2D eigenvalue weighted by Crippen LogP contribution is -2.34. The zero-order valence-corrected chi connectivity index (χ0v) is 13.3. The molecule has 0 saturated carbocycles. The third-order valence-corrected chi connectivity index (χ3v) is 3.77. The van der Waals surface area contributed by atoms with Crippen LogP contribution in [0.25, 0.3) is 0 Å². The van der Waals surface area contributed by atoms with Crippen molar-refractivity contribution in [3.63, 3.8) is 0 Å². The molecule has 124 valence electrons. The Bertz CT molecular complexity index is 682. The van der Waals surface area contributed by atoms with Crippen LogP contribution in [0.3, 0.4) is 0 Å². The van der Waals surface area contributed by atoms with Gasteiger partial charge in [-0.1, -0.05) is 10.3 Å². The molecule has 0 spiro atoms. The van der Waals surface area contributed by atoms with Crippen LogP contribution in [0.5, 0.6) is 0 Å². The Morgan fingerprint density at radius 2 is 2.26 bits per heavy atom. The molecule has 0 aromatic carbocycles. The third kappa shape index (κ3) is 3.57. The molecule has 23 heavy (non-hydrogen) atoms. The van der Waals surface area contributed by atoms with Crippen molar-refractivity contribution in [1.29, 1.82) is 0 Å². The summed E-state index contributed by atoms with van der Waals surface area (Å²) in [5.41, 5.74) is 0. The van der Waals surface area contributed by atoms with Crippen LogP contribution in [0.1, 0.15) is 29.9 Å². The van der Waals surface area contributed by atoms with Crippen LogP contribution in [0, 0.1) is 13.8 Å². The number of methoxy groups -OCH3 is 1. The van der Waals surface area contributed by atoms with Crippen LogP contribution in [0.15, 0.2) is 15.1 Å². The molecule has 0 radical (unpaired) electrons. The molecule has 2 aromatic heterocycles. The molecule has 1 N–H and O–H groups in total. The highest BCUT2D eigenvalue weighted by Crippen LogP contribution is 2.32. The van der Waals surface area contributed by atoms with Crippen LogP contribution >= 0.6 is 0 Å². The van der Waals surface area contributed by atoms with Gasteiger partial charge in [-0.15, -0.1) is 0 Å². The number of nitrogens with one attached hydrogen (secondary N) is 1. The maximum Gasteiger partial charge on any atom is 0.244 e. The first-order valence-electron chi connectivity index (χ1n) is 7.35. The molecule has 2 aromatic rings. The highest BCUT2D eigenvalue weighted by atomic mass is 16.5. The maximum atomic E-state index is 12.2. The van der Waals surface area contributed by atoms with Gasteiger partial charge in [-0.25, -0.2) is 0 Å². The molecule has 1 saturated heterocycles. The summed E-state index contributed by atoms with van der Waals surface area (Å²) < 4.78 is 15.6. The van der Waals surface area contributed by atoms with E-state index in [1.807, 2.05) is 4.90 Å². The van der Waals surface area contributed by atoms with Crippen molar-refractivity contribution in [2.45, 2.75) is 32.4 Å². The van der Waals surface area contributed by atoms with E-state index in [0.29, 0.717) is 36.3 Å². The summed E-state index contributed by atoms with van der Waals surface area (Å²) in [6.07, 6.45) is 0.725. The van der Waals surface area contributed by atoms with Gasteiger partial charge in [-0.05, 0) is 20.3 Å². The monoisotopic (exact) mass is 321 g/mol. The number of hydrogen-bond donors (Lipinski definition) is 1. The van der Waals surface area contributed by atoms with Gasteiger partial charge in [0.25, 0.3) is 0 Å². The minimum atomic E-state index is -0.184. The quantitative estimate of drug-likeness (QED) is 0.871. The number of carbonyl (C=O) groups is 1. The van der Waals surface area contributed by atoms with E-state index < -0.39 is 0 Å². The van der Waals surface area contributed by atoms with E-state index in [4.69, 9.17) is 13.8 Å². The molecule has 1 aliphatic rings. The number of anilines is 1. The molecule has 9 heteroatoms. The van der Waals surface area contributed by atoms with Gasteiger partial charge in [-0.2, -0.15) is 4.98 Å². The fourth-order valence-electron chi connectivity index (χ4n) is 2.70. The van der Waals surface area contributed by atoms with Crippen LogP contribution in [-0.4, -0.2) is 52.4 Å². The number of carbonyl (C=O) groups excluding carboxylic acids is 1. The summed E-state index contributed by atoms with van der Waals surface area (Å²) >= 11 is 0. The van der Waals surface area contributed by atoms with E-state index in [1.165, 1.54) is 0 Å². The Labute approximate surface area is 133 Å². The smallest absolute Gasteiger partial charge is 0.244 e. The molecule has 9 nitrogen and oxygen atoms in total. The second-order valence-corrected chi connectivity index (χ2v) is 5.59. The predicted octanol–water partition coefficient (Wildman–Crippen LogP) is 1.07. The van der Waals surface area contributed by atoms with Gasteiger partial charge in [0.1, 0.15) is 5.76 Å². The maximum absolute atomic E-state index is 12.2. The first kappa shape index (κ1) is 15.6. The lowest BCUT2D eigenvalue weighted by Gasteiger charge is -2.20. The Morgan fingerprint density at radius 1 is 1.43 bits per heavy atom. The average Bonchev–Trinajstić information content (AvgIpc) is 3.20. The summed E-state index contributed by atoms with van der Waals surface area (Å²) in [6, 6.07) is 1.53. The molecule has 1 amide bonds. The van der Waals surface area contributed by atoms with Crippen molar-refractivity contribution < 1.29 is 18.6 Å². The first-order chi connectivity index (χ1) is 11.0. The van der Waals surface area contributed by atoms with E-state index in [1.54, 1.807) is 27.0 Å². The van der Waals surface area contributed by atoms with Crippen molar-refractivity contribution in [2.75, 3.05) is 25.5 Å². The van der Waals surface area contributed by atoms with E-state index in [2.05, 4.69) is 20.6 Å². The third-order valence-electron chi connectivity index (χ3n) is 3.77. The van der Waals surface area contributed by atoms with Crippen LogP contribution < -0.4 is 5.32 Å². The van der Waals surface area contributed by atoms with Gasteiger partial charge in [0.15, 0.2) is 11.6 Å². The minimum Gasteiger partial charge on any atom is -0.380 e. The molecule has 0 unspecified atom stereocenters. The summed E-state index contributed by atoms with van der Waals surface area (Å²) in [5.74, 6) is 1.94. The van der Waals surface area contributed by atoms with Crippen LogP contribution in [0.2, 0.25) is 0 Å². The highest BCUT2D eigenvalue weighted by Gasteiger charge is 2.37. The average molecular weight is 321 g/mol. The second-order valence-electron chi connectivity index (χ2n) is 5.59. The van der Waals surface area contributed by atoms with Gasteiger partial charge in [0, 0.05) is 19.7 Å². The normalized spacial score (nSPS) is 21.7. The summed E-state index contributed by atoms with van der Waals surface area (Å²) in [7, 11) is 1.66. The number of hydrogen-bond acceptors (Lipinski definition) is 8. The van der Waals surface area contributed by atoms with Gasteiger partial charge in [0.2, 0.25) is 11.8 Å². The lowest BCUT2D eigenvalue weighted by molar-refractivity contribution is -0.117. The molecule has 1 fully saturated rings. The summed E-state index contributed by atoms with van der Waals surface area (Å²) in [4.78, 5) is 18.4. The van der Waals surface area contributed by atoms with E-state index in [-0.39, 0.29) is 24.6 Å². The second kappa shape index (κ2) is 6.47.